The van der Waals surface area contributed by atoms with Crippen LogP contribution in [-0.2, 0) is 4.74 Å². The Labute approximate surface area is 114 Å². The molecule has 1 saturated heterocycles. The lowest BCUT2D eigenvalue weighted by Gasteiger charge is -2.40. The fraction of sp³-hybridized carbons (Fsp3) is 0.571. The molecule has 0 aliphatic carbocycles. The maximum atomic E-state index is 12.0. The number of hydrogen-bond acceptors (Lipinski definition) is 4. The molecular weight excluding hydrogens is 242 g/mol. The average molecular weight is 263 g/mol. The lowest BCUT2D eigenvalue weighted by Crippen LogP contribution is -2.55. The van der Waals surface area contributed by atoms with Crippen LogP contribution in [-0.4, -0.2) is 54.2 Å². The zero-order valence-electron chi connectivity index (χ0n) is 11.6. The minimum absolute atomic E-state index is 0.0678. The first-order valence-corrected chi connectivity index (χ1v) is 6.61. The minimum Gasteiger partial charge on any atom is -0.379 e. The van der Waals surface area contributed by atoms with Crippen LogP contribution in [0.15, 0.2) is 24.5 Å². The fourth-order valence-corrected chi connectivity index (χ4v) is 2.18. The minimum atomic E-state index is -0.0746. The second-order valence-electron chi connectivity index (χ2n) is 5.34. The molecule has 19 heavy (non-hydrogen) atoms. The highest BCUT2D eigenvalue weighted by Gasteiger charge is 2.28. The summed E-state index contributed by atoms with van der Waals surface area (Å²) in [6.45, 7) is 8.25. The first-order valence-electron chi connectivity index (χ1n) is 6.61. The maximum absolute atomic E-state index is 12.0. The zero-order valence-corrected chi connectivity index (χ0v) is 11.6. The normalized spacial score (nSPS) is 17.2. The highest BCUT2D eigenvalue weighted by Crippen LogP contribution is 2.15. The Morgan fingerprint density at radius 1 is 1.47 bits per heavy atom. The molecule has 0 atom stereocenters. The molecule has 2 rings (SSSR count). The first-order chi connectivity index (χ1) is 9.09. The van der Waals surface area contributed by atoms with Crippen molar-refractivity contribution in [3.8, 4) is 0 Å². The summed E-state index contributed by atoms with van der Waals surface area (Å²) in [5, 5.41) is 2.98. The second kappa shape index (κ2) is 6.12. The van der Waals surface area contributed by atoms with Crippen LogP contribution in [0.25, 0.3) is 0 Å². The highest BCUT2D eigenvalue weighted by molar-refractivity contribution is 5.93. The van der Waals surface area contributed by atoms with Crippen LogP contribution in [0, 0.1) is 0 Å². The number of morpholine rings is 1. The predicted octanol–water partition coefficient (Wildman–Crippen LogP) is 0.922. The van der Waals surface area contributed by atoms with E-state index in [0.29, 0.717) is 12.1 Å². The van der Waals surface area contributed by atoms with Gasteiger partial charge in [0.05, 0.1) is 18.8 Å². The van der Waals surface area contributed by atoms with Gasteiger partial charge in [-0.2, -0.15) is 0 Å². The SMILES string of the molecule is CC(C)(CNC(=O)c1cccnc1)N1CCOCC1. The number of amides is 1. The van der Waals surface area contributed by atoms with E-state index >= 15 is 0 Å². The first kappa shape index (κ1) is 14.0. The summed E-state index contributed by atoms with van der Waals surface area (Å²) >= 11 is 0. The number of nitrogens with one attached hydrogen (secondary N) is 1. The van der Waals surface area contributed by atoms with Crippen molar-refractivity contribution in [1.29, 1.82) is 0 Å². The number of rotatable bonds is 4. The Morgan fingerprint density at radius 3 is 2.84 bits per heavy atom. The Morgan fingerprint density at radius 2 is 2.21 bits per heavy atom. The number of nitrogens with zero attached hydrogens (tertiary/aromatic N) is 2. The van der Waals surface area contributed by atoms with Gasteiger partial charge in [0.25, 0.3) is 5.91 Å². The monoisotopic (exact) mass is 263 g/mol. The molecule has 1 fully saturated rings. The van der Waals surface area contributed by atoms with Gasteiger partial charge >= 0.3 is 0 Å². The van der Waals surface area contributed by atoms with E-state index in [1.807, 2.05) is 0 Å². The van der Waals surface area contributed by atoms with Crippen molar-refractivity contribution in [3.05, 3.63) is 30.1 Å². The topological polar surface area (TPSA) is 54.5 Å². The molecule has 0 bridgehead atoms. The van der Waals surface area contributed by atoms with Gasteiger partial charge in [-0.15, -0.1) is 0 Å². The summed E-state index contributed by atoms with van der Waals surface area (Å²) in [4.78, 5) is 18.3. The standard InChI is InChI=1S/C14H21N3O2/c1-14(2,17-6-8-19-9-7-17)11-16-13(18)12-4-3-5-15-10-12/h3-5,10H,6-9,11H2,1-2H3,(H,16,18). The van der Waals surface area contributed by atoms with Crippen LogP contribution in [0.3, 0.4) is 0 Å². The summed E-state index contributed by atoms with van der Waals surface area (Å²) in [6, 6.07) is 3.53. The van der Waals surface area contributed by atoms with Crippen molar-refractivity contribution in [3.63, 3.8) is 0 Å². The van der Waals surface area contributed by atoms with E-state index in [0.717, 1.165) is 26.3 Å². The molecule has 0 saturated carbocycles. The summed E-state index contributed by atoms with van der Waals surface area (Å²) in [7, 11) is 0. The predicted molar refractivity (Wildman–Crippen MR) is 73.0 cm³/mol. The highest BCUT2D eigenvalue weighted by atomic mass is 16.5. The molecule has 2 heterocycles. The molecule has 5 nitrogen and oxygen atoms in total. The van der Waals surface area contributed by atoms with Gasteiger partial charge < -0.3 is 10.1 Å². The number of ether oxygens (including phenoxy) is 1. The quantitative estimate of drug-likeness (QED) is 0.878. The summed E-state index contributed by atoms with van der Waals surface area (Å²) in [5.74, 6) is -0.0746. The molecular formula is C14H21N3O2. The molecule has 1 aromatic heterocycles. The van der Waals surface area contributed by atoms with Gasteiger partial charge in [-0.05, 0) is 26.0 Å². The van der Waals surface area contributed by atoms with Crippen LogP contribution in [0.2, 0.25) is 0 Å². The molecule has 5 heteroatoms. The lowest BCUT2D eigenvalue weighted by atomic mass is 10.0. The van der Waals surface area contributed by atoms with Crippen molar-refractivity contribution in [2.24, 2.45) is 0 Å². The van der Waals surface area contributed by atoms with Gasteiger partial charge in [0.1, 0.15) is 0 Å². The smallest absolute Gasteiger partial charge is 0.252 e. The van der Waals surface area contributed by atoms with E-state index in [-0.39, 0.29) is 11.4 Å². The van der Waals surface area contributed by atoms with Crippen molar-refractivity contribution >= 4 is 5.91 Å². The van der Waals surface area contributed by atoms with Crippen molar-refractivity contribution in [2.75, 3.05) is 32.8 Å². The molecule has 1 N–H and O–H groups in total. The van der Waals surface area contributed by atoms with Gasteiger partial charge in [-0.3, -0.25) is 14.7 Å². The molecule has 0 unspecified atom stereocenters. The molecule has 1 aliphatic rings. The van der Waals surface area contributed by atoms with Crippen molar-refractivity contribution < 1.29 is 9.53 Å². The summed E-state index contributed by atoms with van der Waals surface area (Å²) < 4.78 is 5.35. The van der Waals surface area contributed by atoms with Crippen LogP contribution in [0.1, 0.15) is 24.2 Å². The van der Waals surface area contributed by atoms with E-state index in [1.54, 1.807) is 24.5 Å². The number of pyridine rings is 1. The Balaban J connectivity index is 1.88. The van der Waals surface area contributed by atoms with E-state index in [2.05, 4.69) is 29.0 Å². The molecule has 1 aromatic rings. The Kier molecular flexibility index (Phi) is 4.50. The number of carbonyl (C=O) groups excluding carboxylic acids is 1. The lowest BCUT2D eigenvalue weighted by molar-refractivity contribution is -0.00923. The van der Waals surface area contributed by atoms with Gasteiger partial charge in [-0.1, -0.05) is 0 Å². The van der Waals surface area contributed by atoms with Gasteiger partial charge in [0.2, 0.25) is 0 Å². The largest absolute Gasteiger partial charge is 0.379 e. The van der Waals surface area contributed by atoms with Crippen molar-refractivity contribution in [1.82, 2.24) is 15.2 Å². The van der Waals surface area contributed by atoms with Gasteiger partial charge in [-0.25, -0.2) is 0 Å². The Bertz CT molecular complexity index is 414. The van der Waals surface area contributed by atoms with Crippen LogP contribution < -0.4 is 5.32 Å². The Hall–Kier alpha value is -1.46. The van der Waals surface area contributed by atoms with Crippen LogP contribution in [0.5, 0.6) is 0 Å². The fourth-order valence-electron chi connectivity index (χ4n) is 2.18. The summed E-state index contributed by atoms with van der Waals surface area (Å²) in [6.07, 6.45) is 3.24. The third-order valence-electron chi connectivity index (χ3n) is 3.47. The van der Waals surface area contributed by atoms with E-state index in [9.17, 15) is 4.79 Å². The molecule has 1 aliphatic heterocycles. The van der Waals surface area contributed by atoms with E-state index < -0.39 is 0 Å². The third-order valence-corrected chi connectivity index (χ3v) is 3.47. The number of carbonyl (C=O) groups is 1. The zero-order chi connectivity index (χ0) is 13.7. The molecule has 104 valence electrons. The number of aromatic nitrogens is 1. The average Bonchev–Trinajstić information content (AvgIpc) is 2.47. The van der Waals surface area contributed by atoms with Crippen molar-refractivity contribution in [2.45, 2.75) is 19.4 Å². The van der Waals surface area contributed by atoms with Crippen LogP contribution >= 0.6 is 0 Å². The molecule has 0 spiro atoms. The third kappa shape index (κ3) is 3.75. The van der Waals surface area contributed by atoms with E-state index in [1.165, 1.54) is 0 Å². The summed E-state index contributed by atoms with van der Waals surface area (Å²) in [5.41, 5.74) is 0.530. The number of hydrogen-bond donors (Lipinski definition) is 1. The van der Waals surface area contributed by atoms with Crippen LogP contribution in [0.4, 0.5) is 0 Å². The van der Waals surface area contributed by atoms with Gasteiger partial charge in [0.15, 0.2) is 0 Å². The molecule has 0 radical (unpaired) electrons. The second-order valence-corrected chi connectivity index (χ2v) is 5.34. The maximum Gasteiger partial charge on any atom is 0.252 e. The molecule has 1 amide bonds. The molecule has 0 aromatic carbocycles. The van der Waals surface area contributed by atoms with Gasteiger partial charge in [0, 0.05) is 37.6 Å². The van der Waals surface area contributed by atoms with E-state index in [4.69, 9.17) is 4.74 Å².